The number of ether oxygens (including phenoxy) is 1. The van der Waals surface area contributed by atoms with E-state index in [2.05, 4.69) is 11.1 Å². The minimum atomic E-state index is -0.387. The number of hydrogen-bond acceptors (Lipinski definition) is 4. The molecule has 1 aliphatic carbocycles. The lowest BCUT2D eigenvalue weighted by Crippen LogP contribution is -2.17. The molecule has 2 aromatic heterocycles. The number of carbonyl (C=O) groups excluding carboxylic acids is 2. The average molecular weight is 317 g/mol. The molecule has 0 saturated heterocycles. The van der Waals surface area contributed by atoms with Crippen LogP contribution >= 0.6 is 11.3 Å². The Morgan fingerprint density at radius 3 is 2.82 bits per heavy atom. The second-order valence-electron chi connectivity index (χ2n) is 5.98. The molecule has 0 aromatic carbocycles. The number of hydrogen-bond donors (Lipinski definition) is 1. The maximum absolute atomic E-state index is 12.5. The first-order chi connectivity index (χ1) is 10.5. The van der Waals surface area contributed by atoms with Gasteiger partial charge in [0.2, 0.25) is 0 Å². The maximum atomic E-state index is 12.5. The van der Waals surface area contributed by atoms with Crippen LogP contribution in [-0.2, 0) is 11.2 Å². The van der Waals surface area contributed by atoms with Crippen molar-refractivity contribution in [2.75, 3.05) is 0 Å². The fraction of sp³-hybridized carbons (Fsp3) is 0.412. The summed E-state index contributed by atoms with van der Waals surface area (Å²) < 4.78 is 5.25. The minimum absolute atomic E-state index is 0.108. The Hall–Kier alpha value is -1.88. The van der Waals surface area contributed by atoms with Crippen molar-refractivity contribution in [3.63, 3.8) is 0 Å². The van der Waals surface area contributed by atoms with E-state index in [9.17, 15) is 9.59 Å². The topological polar surface area (TPSA) is 59.2 Å². The Morgan fingerprint density at radius 1 is 1.41 bits per heavy atom. The number of ketones is 1. The predicted octanol–water partition coefficient (Wildman–Crippen LogP) is 3.86. The molecule has 5 heteroatoms. The van der Waals surface area contributed by atoms with Gasteiger partial charge in [-0.15, -0.1) is 11.3 Å². The number of fused-ring (bicyclic) bond motifs is 1. The molecule has 0 radical (unpaired) electrons. The van der Waals surface area contributed by atoms with Crippen LogP contribution in [-0.4, -0.2) is 22.8 Å². The van der Waals surface area contributed by atoms with Crippen molar-refractivity contribution in [3.05, 3.63) is 44.9 Å². The van der Waals surface area contributed by atoms with E-state index >= 15 is 0 Å². The van der Waals surface area contributed by atoms with Gasteiger partial charge in [-0.2, -0.15) is 0 Å². The standard InChI is InChI=1S/C17H19NO3S/c1-9(2)21-17(20)16-10(3)15-12(18-16)7-11(8-13(15)19)14-5-4-6-22-14/h4-6,9,11,18H,7-8H2,1-3H3. The summed E-state index contributed by atoms with van der Waals surface area (Å²) in [4.78, 5) is 29.0. The molecule has 0 saturated carbocycles. The van der Waals surface area contributed by atoms with Gasteiger partial charge in [0, 0.05) is 28.5 Å². The highest BCUT2D eigenvalue weighted by Crippen LogP contribution is 2.36. The SMILES string of the molecule is Cc1c(C(=O)OC(C)C)[nH]c2c1C(=O)CC(c1cccs1)C2. The third kappa shape index (κ3) is 2.61. The summed E-state index contributed by atoms with van der Waals surface area (Å²) in [6, 6.07) is 4.07. The van der Waals surface area contributed by atoms with E-state index in [4.69, 9.17) is 4.74 Å². The van der Waals surface area contributed by atoms with Gasteiger partial charge in [-0.25, -0.2) is 4.79 Å². The lowest BCUT2D eigenvalue weighted by Gasteiger charge is -2.20. The molecule has 0 bridgehead atoms. The van der Waals surface area contributed by atoms with E-state index in [-0.39, 0.29) is 23.8 Å². The van der Waals surface area contributed by atoms with E-state index in [0.29, 0.717) is 17.7 Å². The number of esters is 1. The fourth-order valence-electron chi connectivity index (χ4n) is 3.04. The first kappa shape index (κ1) is 15.0. The highest BCUT2D eigenvalue weighted by Gasteiger charge is 2.32. The minimum Gasteiger partial charge on any atom is -0.458 e. The van der Waals surface area contributed by atoms with Gasteiger partial charge < -0.3 is 9.72 Å². The molecule has 1 aliphatic rings. The number of aromatic nitrogens is 1. The van der Waals surface area contributed by atoms with Gasteiger partial charge in [-0.3, -0.25) is 4.79 Å². The molecule has 22 heavy (non-hydrogen) atoms. The molecule has 4 nitrogen and oxygen atoms in total. The molecular formula is C17H19NO3S. The molecule has 116 valence electrons. The average Bonchev–Trinajstić information content (AvgIpc) is 3.06. The number of carbonyl (C=O) groups is 2. The zero-order valence-corrected chi connectivity index (χ0v) is 13.8. The van der Waals surface area contributed by atoms with Gasteiger partial charge >= 0.3 is 5.97 Å². The smallest absolute Gasteiger partial charge is 0.355 e. The Morgan fingerprint density at radius 2 is 2.18 bits per heavy atom. The Kier molecular flexibility index (Phi) is 3.91. The first-order valence-corrected chi connectivity index (χ1v) is 8.34. The van der Waals surface area contributed by atoms with Gasteiger partial charge in [0.25, 0.3) is 0 Å². The summed E-state index contributed by atoms with van der Waals surface area (Å²) in [5.41, 5.74) is 2.68. The predicted molar refractivity (Wildman–Crippen MR) is 85.8 cm³/mol. The summed E-state index contributed by atoms with van der Waals surface area (Å²) in [6.45, 7) is 5.44. The summed E-state index contributed by atoms with van der Waals surface area (Å²) in [5.74, 6) is -0.0774. The van der Waals surface area contributed by atoms with Crippen molar-refractivity contribution in [3.8, 4) is 0 Å². The van der Waals surface area contributed by atoms with Gasteiger partial charge in [0.05, 0.1) is 6.10 Å². The van der Waals surface area contributed by atoms with Crippen LogP contribution in [0.25, 0.3) is 0 Å². The number of thiophene rings is 1. The van der Waals surface area contributed by atoms with E-state index < -0.39 is 0 Å². The van der Waals surface area contributed by atoms with Crippen LogP contribution in [0.15, 0.2) is 17.5 Å². The zero-order valence-electron chi connectivity index (χ0n) is 12.9. The Bertz CT molecular complexity index is 713. The summed E-state index contributed by atoms with van der Waals surface area (Å²) in [6.07, 6.45) is 1.09. The normalized spacial score (nSPS) is 17.6. The first-order valence-electron chi connectivity index (χ1n) is 7.46. The molecule has 0 fully saturated rings. The Labute approximate surface area is 133 Å². The number of nitrogens with one attached hydrogen (secondary N) is 1. The third-order valence-electron chi connectivity index (χ3n) is 3.98. The molecule has 1 atom stereocenters. The fourth-order valence-corrected chi connectivity index (χ4v) is 3.87. The molecule has 2 heterocycles. The van der Waals surface area contributed by atoms with Crippen LogP contribution in [0.4, 0.5) is 0 Å². The number of aromatic amines is 1. The molecule has 0 amide bonds. The van der Waals surface area contributed by atoms with Crippen LogP contribution in [0, 0.1) is 6.92 Å². The second-order valence-corrected chi connectivity index (χ2v) is 6.96. The van der Waals surface area contributed by atoms with Crippen LogP contribution in [0.3, 0.4) is 0 Å². The zero-order chi connectivity index (χ0) is 15.9. The number of Topliss-reactive ketones (excluding diaryl/α,β-unsaturated/α-hetero) is 1. The number of H-pyrrole nitrogens is 1. The monoisotopic (exact) mass is 317 g/mol. The van der Waals surface area contributed by atoms with E-state index in [1.165, 1.54) is 4.88 Å². The van der Waals surface area contributed by atoms with Crippen molar-refractivity contribution >= 4 is 23.1 Å². The van der Waals surface area contributed by atoms with Gasteiger partial charge in [0.15, 0.2) is 5.78 Å². The summed E-state index contributed by atoms with van der Waals surface area (Å²) in [5, 5.41) is 2.03. The van der Waals surface area contributed by atoms with E-state index in [1.807, 2.05) is 32.2 Å². The molecule has 0 aliphatic heterocycles. The van der Waals surface area contributed by atoms with Gasteiger partial charge in [0.1, 0.15) is 5.69 Å². The number of rotatable bonds is 3. The molecule has 1 unspecified atom stereocenters. The molecule has 3 rings (SSSR count). The maximum Gasteiger partial charge on any atom is 0.355 e. The van der Waals surface area contributed by atoms with Gasteiger partial charge in [-0.05, 0) is 44.2 Å². The van der Waals surface area contributed by atoms with Crippen molar-refractivity contribution < 1.29 is 14.3 Å². The summed E-state index contributed by atoms with van der Waals surface area (Å²) in [7, 11) is 0. The second kappa shape index (κ2) is 5.72. The Balaban J connectivity index is 1.94. The summed E-state index contributed by atoms with van der Waals surface area (Å²) >= 11 is 1.67. The van der Waals surface area contributed by atoms with Crippen molar-refractivity contribution in [2.24, 2.45) is 0 Å². The molecule has 0 spiro atoms. The van der Waals surface area contributed by atoms with Crippen LogP contribution < -0.4 is 0 Å². The van der Waals surface area contributed by atoms with E-state index in [0.717, 1.165) is 17.7 Å². The largest absolute Gasteiger partial charge is 0.458 e. The molecule has 1 N–H and O–H groups in total. The van der Waals surface area contributed by atoms with Crippen LogP contribution in [0.2, 0.25) is 0 Å². The highest BCUT2D eigenvalue weighted by atomic mass is 32.1. The third-order valence-corrected chi connectivity index (χ3v) is 5.02. The quantitative estimate of drug-likeness (QED) is 0.874. The molecular weight excluding hydrogens is 298 g/mol. The lowest BCUT2D eigenvalue weighted by molar-refractivity contribution is 0.0370. The van der Waals surface area contributed by atoms with Crippen LogP contribution in [0.1, 0.15) is 63.2 Å². The molecule has 2 aromatic rings. The van der Waals surface area contributed by atoms with Crippen molar-refractivity contribution in [1.29, 1.82) is 0 Å². The van der Waals surface area contributed by atoms with Crippen molar-refractivity contribution in [1.82, 2.24) is 4.98 Å². The lowest BCUT2D eigenvalue weighted by atomic mass is 9.84. The van der Waals surface area contributed by atoms with Crippen LogP contribution in [0.5, 0.6) is 0 Å². The van der Waals surface area contributed by atoms with E-state index in [1.54, 1.807) is 11.3 Å². The highest BCUT2D eigenvalue weighted by molar-refractivity contribution is 7.10. The van der Waals surface area contributed by atoms with Crippen molar-refractivity contribution in [2.45, 2.75) is 45.6 Å². The van der Waals surface area contributed by atoms with Gasteiger partial charge in [-0.1, -0.05) is 6.07 Å².